The maximum Gasteiger partial charge on any atom is 0.123 e. The molecule has 3 rings (SSSR count). The molecule has 0 bridgehead atoms. The summed E-state index contributed by atoms with van der Waals surface area (Å²) in [6, 6.07) is 6.37. The number of hydrogen-bond donors (Lipinski definition) is 0. The van der Waals surface area contributed by atoms with Crippen molar-refractivity contribution < 1.29 is 9.13 Å². The van der Waals surface area contributed by atoms with E-state index < -0.39 is 0 Å². The lowest BCUT2D eigenvalue weighted by molar-refractivity contribution is 0.138. The quantitative estimate of drug-likeness (QED) is 0.439. The van der Waals surface area contributed by atoms with Crippen LogP contribution in [0.4, 0.5) is 4.39 Å². The number of benzene rings is 1. The first-order chi connectivity index (χ1) is 12.7. The zero-order chi connectivity index (χ0) is 18.2. The molecule has 1 aromatic rings. The zero-order valence-electron chi connectivity index (χ0n) is 16.6. The topological polar surface area (TPSA) is 9.23 Å². The molecule has 0 radical (unpaired) electrons. The molecule has 0 unspecified atom stereocenters. The Morgan fingerprint density at radius 1 is 0.808 bits per heavy atom. The van der Waals surface area contributed by atoms with Crippen molar-refractivity contribution in [3.63, 3.8) is 0 Å². The summed E-state index contributed by atoms with van der Waals surface area (Å²) in [5.74, 6) is 4.57. The van der Waals surface area contributed by atoms with Gasteiger partial charge in [-0.05, 0) is 86.5 Å². The molecular weight excluding hydrogens is 323 g/mol. The van der Waals surface area contributed by atoms with Crippen molar-refractivity contribution in [2.45, 2.75) is 84.0 Å². The first kappa shape index (κ1) is 19.7. The Kier molecular flexibility index (Phi) is 7.83. The highest BCUT2D eigenvalue weighted by atomic mass is 19.1. The Labute approximate surface area is 159 Å². The predicted molar refractivity (Wildman–Crippen MR) is 107 cm³/mol. The molecule has 0 heterocycles. The smallest absolute Gasteiger partial charge is 0.123 e. The fourth-order valence-corrected chi connectivity index (χ4v) is 5.40. The van der Waals surface area contributed by atoms with E-state index in [9.17, 15) is 4.39 Å². The van der Waals surface area contributed by atoms with Crippen LogP contribution in [0.3, 0.4) is 0 Å². The number of rotatable bonds is 8. The average molecular weight is 361 g/mol. The third kappa shape index (κ3) is 5.99. The Balaban J connectivity index is 1.27. The van der Waals surface area contributed by atoms with E-state index in [1.165, 1.54) is 82.8 Å². The monoisotopic (exact) mass is 360 g/mol. The molecular formula is C24H37FO. The Bertz CT molecular complexity index is 495. The molecule has 2 aliphatic rings. The molecule has 0 aliphatic heterocycles. The van der Waals surface area contributed by atoms with Crippen LogP contribution >= 0.6 is 0 Å². The van der Waals surface area contributed by atoms with Gasteiger partial charge in [0.05, 0.1) is 6.61 Å². The molecule has 0 N–H and O–H groups in total. The molecule has 0 saturated heterocycles. The van der Waals surface area contributed by atoms with Crippen LogP contribution in [-0.4, -0.2) is 6.61 Å². The first-order valence-electron chi connectivity index (χ1n) is 11.1. The van der Waals surface area contributed by atoms with Gasteiger partial charge in [-0.15, -0.1) is 0 Å². The van der Waals surface area contributed by atoms with Crippen LogP contribution in [0.1, 0.15) is 84.0 Å². The summed E-state index contributed by atoms with van der Waals surface area (Å²) in [7, 11) is 0. The van der Waals surface area contributed by atoms with Gasteiger partial charge < -0.3 is 4.74 Å². The average Bonchev–Trinajstić information content (AvgIpc) is 2.68. The van der Waals surface area contributed by atoms with Gasteiger partial charge in [-0.2, -0.15) is 0 Å². The largest absolute Gasteiger partial charge is 0.494 e. The van der Waals surface area contributed by atoms with E-state index in [0.29, 0.717) is 0 Å². The minimum atomic E-state index is -0.201. The van der Waals surface area contributed by atoms with E-state index in [1.807, 2.05) is 0 Å². The molecule has 0 atom stereocenters. The third-order valence-corrected chi connectivity index (χ3v) is 6.99. The van der Waals surface area contributed by atoms with Gasteiger partial charge in [0.1, 0.15) is 11.6 Å². The lowest BCUT2D eigenvalue weighted by atomic mass is 9.68. The van der Waals surface area contributed by atoms with Crippen molar-refractivity contribution in [1.82, 2.24) is 0 Å². The van der Waals surface area contributed by atoms with Gasteiger partial charge in [0.2, 0.25) is 0 Å². The van der Waals surface area contributed by atoms with E-state index >= 15 is 0 Å². The van der Waals surface area contributed by atoms with Gasteiger partial charge in [0.25, 0.3) is 0 Å². The van der Waals surface area contributed by atoms with Crippen molar-refractivity contribution in [3.05, 3.63) is 30.1 Å². The maximum atomic E-state index is 12.9. The van der Waals surface area contributed by atoms with Crippen LogP contribution in [-0.2, 0) is 0 Å². The molecule has 1 nitrogen and oxygen atoms in total. The normalized spacial score (nSPS) is 29.5. The lowest BCUT2D eigenvalue weighted by Crippen LogP contribution is -2.26. The summed E-state index contributed by atoms with van der Waals surface area (Å²) in [5, 5.41) is 0. The summed E-state index contributed by atoms with van der Waals surface area (Å²) in [4.78, 5) is 0. The molecule has 2 fully saturated rings. The van der Waals surface area contributed by atoms with E-state index in [2.05, 4.69) is 6.92 Å². The summed E-state index contributed by atoms with van der Waals surface area (Å²) < 4.78 is 18.6. The summed E-state index contributed by atoms with van der Waals surface area (Å²) in [6.45, 7) is 3.09. The molecule has 146 valence electrons. The number of halogens is 1. The van der Waals surface area contributed by atoms with E-state index in [4.69, 9.17) is 4.74 Å². The van der Waals surface area contributed by atoms with Crippen LogP contribution in [0.5, 0.6) is 5.75 Å². The van der Waals surface area contributed by atoms with E-state index in [0.717, 1.165) is 42.4 Å². The molecule has 0 amide bonds. The standard InChI is InChI=1S/C24H37FO/c1-2-4-19-6-10-21(11-7-19)22-12-8-20(9-13-22)5-3-18-26-24-16-14-23(25)15-17-24/h14-17,19-22H,2-13,18H2,1H3. The molecule has 2 aliphatic carbocycles. The van der Waals surface area contributed by atoms with Gasteiger partial charge in [-0.25, -0.2) is 4.39 Å². The predicted octanol–water partition coefficient (Wildman–Crippen LogP) is 7.40. The highest BCUT2D eigenvalue weighted by Gasteiger charge is 2.30. The summed E-state index contributed by atoms with van der Waals surface area (Å²) in [5.41, 5.74) is 0. The first-order valence-corrected chi connectivity index (χ1v) is 11.1. The van der Waals surface area contributed by atoms with Crippen LogP contribution in [0.25, 0.3) is 0 Å². The molecule has 26 heavy (non-hydrogen) atoms. The van der Waals surface area contributed by atoms with Crippen LogP contribution < -0.4 is 4.74 Å². The SMILES string of the molecule is CCCC1CCC(C2CCC(CCCOc3ccc(F)cc3)CC2)CC1. The second kappa shape index (κ2) is 10.3. The summed E-state index contributed by atoms with van der Waals surface area (Å²) in [6.07, 6.45) is 17.0. The molecule has 2 saturated carbocycles. The minimum absolute atomic E-state index is 0.201. The van der Waals surface area contributed by atoms with Gasteiger partial charge >= 0.3 is 0 Å². The van der Waals surface area contributed by atoms with Crippen LogP contribution in [0.2, 0.25) is 0 Å². The van der Waals surface area contributed by atoms with Crippen molar-refractivity contribution in [2.24, 2.45) is 23.7 Å². The van der Waals surface area contributed by atoms with Crippen LogP contribution in [0.15, 0.2) is 24.3 Å². The number of ether oxygens (including phenoxy) is 1. The van der Waals surface area contributed by atoms with Gasteiger partial charge in [-0.3, -0.25) is 0 Å². The molecule has 0 spiro atoms. The maximum absolute atomic E-state index is 12.9. The fraction of sp³-hybridized carbons (Fsp3) is 0.750. The molecule has 1 aromatic carbocycles. The van der Waals surface area contributed by atoms with Crippen molar-refractivity contribution in [3.8, 4) is 5.75 Å². The highest BCUT2D eigenvalue weighted by molar-refractivity contribution is 5.21. The minimum Gasteiger partial charge on any atom is -0.494 e. The number of hydrogen-bond acceptors (Lipinski definition) is 1. The van der Waals surface area contributed by atoms with Gasteiger partial charge in [0.15, 0.2) is 0 Å². The lowest BCUT2D eigenvalue weighted by Gasteiger charge is -2.38. The molecule has 0 aromatic heterocycles. The van der Waals surface area contributed by atoms with Crippen molar-refractivity contribution in [1.29, 1.82) is 0 Å². The second-order valence-corrected chi connectivity index (χ2v) is 8.79. The van der Waals surface area contributed by atoms with E-state index in [-0.39, 0.29) is 5.82 Å². The van der Waals surface area contributed by atoms with Gasteiger partial charge in [-0.1, -0.05) is 45.4 Å². The second-order valence-electron chi connectivity index (χ2n) is 8.79. The summed E-state index contributed by atoms with van der Waals surface area (Å²) >= 11 is 0. The van der Waals surface area contributed by atoms with Gasteiger partial charge in [0, 0.05) is 0 Å². The Hall–Kier alpha value is -1.05. The zero-order valence-corrected chi connectivity index (χ0v) is 16.6. The third-order valence-electron chi connectivity index (χ3n) is 6.99. The molecule has 2 heteroatoms. The highest BCUT2D eigenvalue weighted by Crippen LogP contribution is 2.42. The van der Waals surface area contributed by atoms with Crippen LogP contribution in [0, 0.1) is 29.5 Å². The van der Waals surface area contributed by atoms with Crippen molar-refractivity contribution >= 4 is 0 Å². The Morgan fingerprint density at radius 2 is 1.35 bits per heavy atom. The van der Waals surface area contributed by atoms with E-state index in [1.54, 1.807) is 12.1 Å². The van der Waals surface area contributed by atoms with Crippen molar-refractivity contribution in [2.75, 3.05) is 6.61 Å². The Morgan fingerprint density at radius 3 is 1.88 bits per heavy atom. The fourth-order valence-electron chi connectivity index (χ4n) is 5.40.